The Kier molecular flexibility index (Phi) is 5.84. The van der Waals surface area contributed by atoms with Crippen molar-refractivity contribution < 1.29 is 4.79 Å². The molecule has 30 heavy (non-hydrogen) atoms. The largest absolute Gasteiger partial charge is 0.326 e. The van der Waals surface area contributed by atoms with Gasteiger partial charge in [-0.15, -0.1) is 5.10 Å². The van der Waals surface area contributed by atoms with Crippen LogP contribution >= 0.6 is 0 Å². The van der Waals surface area contributed by atoms with Crippen molar-refractivity contribution in [2.24, 2.45) is 17.8 Å². The molecule has 0 radical (unpaired) electrons. The van der Waals surface area contributed by atoms with Crippen molar-refractivity contribution in [3.05, 3.63) is 42.2 Å². The van der Waals surface area contributed by atoms with Crippen LogP contribution in [-0.4, -0.2) is 44.9 Å². The van der Waals surface area contributed by atoms with Crippen molar-refractivity contribution in [1.82, 2.24) is 19.9 Å². The molecule has 1 aromatic heterocycles. The van der Waals surface area contributed by atoms with Gasteiger partial charge in [0, 0.05) is 24.5 Å². The molecule has 1 aliphatic carbocycles. The SMILES string of the molecule is O=C(Nc1ccccc1)C1CN2CCC1CC2Cn1cc(CC2CCCCC2)nn1. The summed E-state index contributed by atoms with van der Waals surface area (Å²) in [6.45, 7) is 2.84. The Bertz CT molecular complexity index is 844. The van der Waals surface area contributed by atoms with E-state index in [1.54, 1.807) is 0 Å². The van der Waals surface area contributed by atoms with Crippen LogP contribution in [0.5, 0.6) is 0 Å². The quantitative estimate of drug-likeness (QED) is 0.792. The van der Waals surface area contributed by atoms with E-state index in [1.165, 1.54) is 32.1 Å². The van der Waals surface area contributed by atoms with Crippen LogP contribution in [0.15, 0.2) is 36.5 Å². The average Bonchev–Trinajstić information content (AvgIpc) is 3.22. The summed E-state index contributed by atoms with van der Waals surface area (Å²) in [6, 6.07) is 10.3. The van der Waals surface area contributed by atoms with Crippen LogP contribution in [0.25, 0.3) is 0 Å². The maximum atomic E-state index is 12.8. The molecule has 4 fully saturated rings. The van der Waals surface area contributed by atoms with Crippen LogP contribution in [0.1, 0.15) is 50.6 Å². The number of benzene rings is 1. The van der Waals surface area contributed by atoms with Gasteiger partial charge in [0.1, 0.15) is 0 Å². The molecule has 6 heteroatoms. The van der Waals surface area contributed by atoms with Gasteiger partial charge in [0.2, 0.25) is 5.91 Å². The second-order valence-electron chi connectivity index (χ2n) is 9.54. The van der Waals surface area contributed by atoms with E-state index < -0.39 is 0 Å². The molecule has 2 bridgehead atoms. The number of anilines is 1. The van der Waals surface area contributed by atoms with E-state index in [4.69, 9.17) is 0 Å². The number of fused-ring (bicyclic) bond motifs is 3. The third-order valence-electron chi connectivity index (χ3n) is 7.46. The number of nitrogens with one attached hydrogen (secondary N) is 1. The fourth-order valence-corrected chi connectivity index (χ4v) is 5.81. The number of hydrogen-bond acceptors (Lipinski definition) is 4. The summed E-state index contributed by atoms with van der Waals surface area (Å²) in [4.78, 5) is 15.3. The number of aromatic nitrogens is 3. The molecule has 3 aliphatic heterocycles. The molecule has 4 aliphatic rings. The Morgan fingerprint density at radius 2 is 1.93 bits per heavy atom. The molecule has 160 valence electrons. The van der Waals surface area contributed by atoms with Gasteiger partial charge in [-0.05, 0) is 49.8 Å². The lowest BCUT2D eigenvalue weighted by molar-refractivity contribution is -0.127. The fourth-order valence-electron chi connectivity index (χ4n) is 5.81. The fraction of sp³-hybridized carbons (Fsp3) is 0.625. The molecule has 4 heterocycles. The van der Waals surface area contributed by atoms with E-state index in [0.29, 0.717) is 12.0 Å². The molecular weight excluding hydrogens is 374 g/mol. The molecule has 3 saturated heterocycles. The smallest absolute Gasteiger partial charge is 0.229 e. The zero-order valence-corrected chi connectivity index (χ0v) is 17.7. The number of carbonyl (C=O) groups excluding carboxylic acids is 1. The highest BCUT2D eigenvalue weighted by Crippen LogP contribution is 2.37. The molecule has 0 spiro atoms. The zero-order valence-electron chi connectivity index (χ0n) is 17.7. The highest BCUT2D eigenvalue weighted by molar-refractivity contribution is 5.93. The number of para-hydroxylation sites is 1. The molecule has 1 N–H and O–H groups in total. The van der Waals surface area contributed by atoms with Gasteiger partial charge in [0.15, 0.2) is 0 Å². The summed E-state index contributed by atoms with van der Waals surface area (Å²) >= 11 is 0. The third kappa shape index (κ3) is 4.43. The lowest BCUT2D eigenvalue weighted by atomic mass is 9.75. The number of hydrogen-bond donors (Lipinski definition) is 1. The Labute approximate surface area is 179 Å². The maximum Gasteiger partial charge on any atom is 0.229 e. The first kappa shape index (κ1) is 19.7. The minimum Gasteiger partial charge on any atom is -0.326 e. The number of piperidine rings is 3. The lowest BCUT2D eigenvalue weighted by Gasteiger charge is -2.49. The first-order valence-electron chi connectivity index (χ1n) is 11.7. The summed E-state index contributed by atoms with van der Waals surface area (Å²) < 4.78 is 2.04. The summed E-state index contributed by atoms with van der Waals surface area (Å²) in [5, 5.41) is 12.0. The second kappa shape index (κ2) is 8.88. The van der Waals surface area contributed by atoms with Crippen molar-refractivity contribution >= 4 is 11.6 Å². The van der Waals surface area contributed by atoms with E-state index in [1.807, 2.05) is 35.0 Å². The van der Waals surface area contributed by atoms with E-state index in [2.05, 4.69) is 26.7 Å². The monoisotopic (exact) mass is 407 g/mol. The summed E-state index contributed by atoms with van der Waals surface area (Å²) in [5.41, 5.74) is 2.04. The Morgan fingerprint density at radius 3 is 2.70 bits per heavy atom. The van der Waals surface area contributed by atoms with Crippen LogP contribution in [0.4, 0.5) is 5.69 Å². The van der Waals surface area contributed by atoms with E-state index >= 15 is 0 Å². The van der Waals surface area contributed by atoms with Gasteiger partial charge >= 0.3 is 0 Å². The van der Waals surface area contributed by atoms with Crippen molar-refractivity contribution in [2.45, 2.75) is 64.0 Å². The minimum absolute atomic E-state index is 0.0906. The molecule has 4 unspecified atom stereocenters. The zero-order chi connectivity index (χ0) is 20.3. The van der Waals surface area contributed by atoms with E-state index in [9.17, 15) is 4.79 Å². The number of amides is 1. The van der Waals surface area contributed by atoms with Gasteiger partial charge in [-0.2, -0.15) is 0 Å². The van der Waals surface area contributed by atoms with Crippen molar-refractivity contribution in [3.8, 4) is 0 Å². The molecule has 6 nitrogen and oxygen atoms in total. The van der Waals surface area contributed by atoms with Crippen molar-refractivity contribution in [1.29, 1.82) is 0 Å². The van der Waals surface area contributed by atoms with E-state index in [0.717, 1.165) is 56.2 Å². The number of nitrogens with zero attached hydrogens (tertiary/aromatic N) is 4. The van der Waals surface area contributed by atoms with Crippen LogP contribution in [0, 0.1) is 17.8 Å². The molecule has 6 rings (SSSR count). The Morgan fingerprint density at radius 1 is 1.10 bits per heavy atom. The highest BCUT2D eigenvalue weighted by Gasteiger charge is 2.43. The summed E-state index contributed by atoms with van der Waals surface area (Å²) in [7, 11) is 0. The maximum absolute atomic E-state index is 12.8. The lowest BCUT2D eigenvalue weighted by Crippen LogP contribution is -2.57. The predicted molar refractivity (Wildman–Crippen MR) is 117 cm³/mol. The predicted octanol–water partition coefficient (Wildman–Crippen LogP) is 3.75. The third-order valence-corrected chi connectivity index (χ3v) is 7.46. The molecule has 2 aromatic rings. The normalized spacial score (nSPS) is 29.1. The second-order valence-corrected chi connectivity index (χ2v) is 9.54. The van der Waals surface area contributed by atoms with Crippen LogP contribution in [0.2, 0.25) is 0 Å². The van der Waals surface area contributed by atoms with Crippen LogP contribution < -0.4 is 5.32 Å². The van der Waals surface area contributed by atoms with Crippen LogP contribution in [-0.2, 0) is 17.8 Å². The molecule has 1 aromatic carbocycles. The van der Waals surface area contributed by atoms with E-state index in [-0.39, 0.29) is 11.8 Å². The van der Waals surface area contributed by atoms with Crippen LogP contribution in [0.3, 0.4) is 0 Å². The Hall–Kier alpha value is -2.21. The van der Waals surface area contributed by atoms with Gasteiger partial charge in [-0.25, -0.2) is 0 Å². The molecule has 1 amide bonds. The van der Waals surface area contributed by atoms with Gasteiger partial charge in [0.05, 0.1) is 18.2 Å². The van der Waals surface area contributed by atoms with Gasteiger partial charge in [0.25, 0.3) is 0 Å². The first-order chi connectivity index (χ1) is 14.7. The number of rotatable bonds is 6. The van der Waals surface area contributed by atoms with Crippen molar-refractivity contribution in [2.75, 3.05) is 18.4 Å². The molecule has 1 saturated carbocycles. The number of carbonyl (C=O) groups is 1. The minimum atomic E-state index is 0.0906. The first-order valence-corrected chi connectivity index (χ1v) is 11.7. The van der Waals surface area contributed by atoms with Crippen molar-refractivity contribution in [3.63, 3.8) is 0 Å². The average molecular weight is 408 g/mol. The van der Waals surface area contributed by atoms with Gasteiger partial charge in [-0.1, -0.05) is 55.5 Å². The van der Waals surface area contributed by atoms with Gasteiger partial charge < -0.3 is 5.32 Å². The highest BCUT2D eigenvalue weighted by atomic mass is 16.2. The Balaban J connectivity index is 1.16. The van der Waals surface area contributed by atoms with Gasteiger partial charge in [-0.3, -0.25) is 14.4 Å². The molecule has 4 atom stereocenters. The summed E-state index contributed by atoms with van der Waals surface area (Å²) in [5.74, 6) is 1.52. The standard InChI is InChI=1S/C24H33N5O/c30-24(25-20-9-5-2-6-10-20)23-17-28-12-11-19(23)14-22(28)16-29-15-21(26-27-29)13-18-7-3-1-4-8-18/h2,5-6,9-10,15,18-19,22-23H,1,3-4,7-8,11-14,16-17H2,(H,25,30). The topological polar surface area (TPSA) is 63.1 Å². The molecular formula is C24H33N5O. The summed E-state index contributed by atoms with van der Waals surface area (Å²) in [6.07, 6.45) is 12.3.